The van der Waals surface area contributed by atoms with Crippen LogP contribution in [0.4, 0.5) is 13.2 Å². The number of rotatable bonds is 3. The quantitative estimate of drug-likeness (QED) is 0.688. The van der Waals surface area contributed by atoms with Gasteiger partial charge in [0, 0.05) is 22.8 Å². The van der Waals surface area contributed by atoms with E-state index in [9.17, 15) is 22.8 Å². The molecule has 0 fully saturated rings. The van der Waals surface area contributed by atoms with Crippen molar-refractivity contribution in [3.8, 4) is 0 Å². The van der Waals surface area contributed by atoms with Crippen LogP contribution < -0.4 is 5.73 Å². The average molecular weight is 299 g/mol. The Labute approximate surface area is 120 Å². The van der Waals surface area contributed by atoms with E-state index in [1.165, 1.54) is 24.3 Å². The lowest BCUT2D eigenvalue weighted by atomic mass is 9.86. The van der Waals surface area contributed by atoms with E-state index in [4.69, 9.17) is 5.73 Å². The lowest BCUT2D eigenvalue weighted by molar-refractivity contribution is -0.165. The fourth-order valence-corrected chi connectivity index (χ4v) is 1.55. The molecule has 1 aromatic carbocycles. The van der Waals surface area contributed by atoms with Gasteiger partial charge in [0.25, 0.3) is 5.78 Å². The van der Waals surface area contributed by atoms with Crippen molar-refractivity contribution in [1.82, 2.24) is 0 Å². The van der Waals surface area contributed by atoms with Crippen LogP contribution in [0.15, 0.2) is 30.3 Å². The van der Waals surface area contributed by atoms with Gasteiger partial charge < -0.3 is 5.73 Å². The first-order valence-corrected chi connectivity index (χ1v) is 6.16. The molecule has 0 aliphatic carbocycles. The van der Waals surface area contributed by atoms with Gasteiger partial charge in [0.2, 0.25) is 0 Å². The molecule has 0 saturated heterocycles. The summed E-state index contributed by atoms with van der Waals surface area (Å²) in [5.74, 6) is -2.11. The van der Waals surface area contributed by atoms with E-state index >= 15 is 0 Å². The highest BCUT2D eigenvalue weighted by Gasteiger charge is 2.36. The summed E-state index contributed by atoms with van der Waals surface area (Å²) in [6.07, 6.45) is -4.62. The molecule has 0 unspecified atom stereocenters. The van der Waals surface area contributed by atoms with Gasteiger partial charge in [0.1, 0.15) is 0 Å². The highest BCUT2D eigenvalue weighted by molar-refractivity contribution is 6.01. The molecule has 1 aromatic rings. The number of alkyl halides is 3. The average Bonchev–Trinajstić information content (AvgIpc) is 2.35. The Morgan fingerprint density at radius 3 is 1.81 bits per heavy atom. The molecule has 6 heteroatoms. The van der Waals surface area contributed by atoms with Gasteiger partial charge >= 0.3 is 6.18 Å². The van der Waals surface area contributed by atoms with Gasteiger partial charge in [0.05, 0.1) is 0 Å². The van der Waals surface area contributed by atoms with E-state index in [1.54, 1.807) is 20.8 Å². The topological polar surface area (TPSA) is 60.2 Å². The normalized spacial score (nSPS) is 13.1. The molecule has 0 aliphatic rings. The Morgan fingerprint density at radius 2 is 1.43 bits per heavy atom. The third-order valence-electron chi connectivity index (χ3n) is 2.73. The minimum Gasteiger partial charge on any atom is -0.398 e. The van der Waals surface area contributed by atoms with Crippen molar-refractivity contribution in [2.75, 3.05) is 0 Å². The molecule has 0 bridgehead atoms. The van der Waals surface area contributed by atoms with Crippen LogP contribution >= 0.6 is 0 Å². The summed E-state index contributed by atoms with van der Waals surface area (Å²) in [6, 6.07) is 5.77. The molecule has 0 atom stereocenters. The maximum Gasteiger partial charge on any atom is 0.454 e. The highest BCUT2D eigenvalue weighted by Crippen LogP contribution is 2.22. The minimum absolute atomic E-state index is 0.0945. The van der Waals surface area contributed by atoms with Gasteiger partial charge in [-0.2, -0.15) is 13.2 Å². The largest absolute Gasteiger partial charge is 0.454 e. The molecule has 0 saturated carbocycles. The number of Topliss-reactive ketones (excluding diaryl/α,β-unsaturated/α-hetero) is 1. The summed E-state index contributed by atoms with van der Waals surface area (Å²) in [5, 5.41) is 0. The van der Waals surface area contributed by atoms with E-state index in [0.29, 0.717) is 11.6 Å². The molecule has 21 heavy (non-hydrogen) atoms. The van der Waals surface area contributed by atoms with Crippen molar-refractivity contribution >= 4 is 17.3 Å². The van der Waals surface area contributed by atoms with Crippen molar-refractivity contribution in [2.45, 2.75) is 26.9 Å². The fraction of sp³-hybridized carbons (Fsp3) is 0.333. The zero-order valence-corrected chi connectivity index (χ0v) is 11.9. The first-order valence-electron chi connectivity index (χ1n) is 6.16. The van der Waals surface area contributed by atoms with Gasteiger partial charge in [-0.3, -0.25) is 9.59 Å². The van der Waals surface area contributed by atoms with Crippen molar-refractivity contribution in [3.05, 3.63) is 41.5 Å². The van der Waals surface area contributed by atoms with E-state index in [-0.39, 0.29) is 17.0 Å². The minimum atomic E-state index is -4.95. The lowest BCUT2D eigenvalue weighted by Crippen LogP contribution is -2.21. The number of carbonyl (C=O) groups excluding carboxylic acids is 2. The number of ketones is 2. The van der Waals surface area contributed by atoms with Gasteiger partial charge in [-0.15, -0.1) is 0 Å². The predicted octanol–water partition coefficient (Wildman–Crippen LogP) is 3.35. The predicted molar refractivity (Wildman–Crippen MR) is 73.5 cm³/mol. The Kier molecular flexibility index (Phi) is 4.61. The molecule has 2 N–H and O–H groups in total. The zero-order valence-electron chi connectivity index (χ0n) is 11.9. The molecule has 0 aliphatic heterocycles. The van der Waals surface area contributed by atoms with Crippen LogP contribution in [-0.2, 0) is 4.79 Å². The SMILES string of the molecule is CC(C)(C)C(=O)c1ccc(C(N)=CC(=O)C(F)(F)F)cc1. The molecule has 0 radical (unpaired) electrons. The van der Waals surface area contributed by atoms with Crippen molar-refractivity contribution in [3.63, 3.8) is 0 Å². The molecular formula is C15H16F3NO2. The molecule has 0 amide bonds. The first-order chi connectivity index (χ1) is 9.43. The third kappa shape index (κ3) is 4.44. The van der Waals surface area contributed by atoms with Crippen molar-refractivity contribution in [1.29, 1.82) is 0 Å². The van der Waals surface area contributed by atoms with Gasteiger partial charge in [0.15, 0.2) is 5.78 Å². The lowest BCUT2D eigenvalue weighted by Gasteiger charge is -2.16. The van der Waals surface area contributed by atoms with E-state index in [0.717, 1.165) is 0 Å². The van der Waals surface area contributed by atoms with Crippen LogP contribution in [0.5, 0.6) is 0 Å². The van der Waals surface area contributed by atoms with Gasteiger partial charge in [-0.1, -0.05) is 45.0 Å². The second-order valence-corrected chi connectivity index (χ2v) is 5.62. The van der Waals surface area contributed by atoms with E-state index in [1.807, 2.05) is 0 Å². The van der Waals surface area contributed by atoms with Gasteiger partial charge in [-0.25, -0.2) is 0 Å². The number of allylic oxidation sites excluding steroid dienone is 1. The highest BCUT2D eigenvalue weighted by atomic mass is 19.4. The maximum atomic E-state index is 12.1. The molecule has 0 aromatic heterocycles. The number of benzene rings is 1. The van der Waals surface area contributed by atoms with Crippen LogP contribution in [0.2, 0.25) is 0 Å². The third-order valence-corrected chi connectivity index (χ3v) is 2.73. The second kappa shape index (κ2) is 5.71. The molecular weight excluding hydrogens is 283 g/mol. The van der Waals surface area contributed by atoms with Crippen LogP contribution in [0.25, 0.3) is 5.70 Å². The van der Waals surface area contributed by atoms with Crippen molar-refractivity contribution < 1.29 is 22.8 Å². The van der Waals surface area contributed by atoms with Crippen LogP contribution in [0, 0.1) is 5.41 Å². The first kappa shape index (κ1) is 16.9. The number of nitrogens with two attached hydrogens (primary N) is 1. The fourth-order valence-electron chi connectivity index (χ4n) is 1.55. The van der Waals surface area contributed by atoms with Crippen LogP contribution in [0.1, 0.15) is 36.7 Å². The Balaban J connectivity index is 3.01. The van der Waals surface area contributed by atoms with E-state index in [2.05, 4.69) is 0 Å². The smallest absolute Gasteiger partial charge is 0.398 e. The molecule has 1 rings (SSSR count). The number of carbonyl (C=O) groups is 2. The molecule has 0 heterocycles. The van der Waals surface area contributed by atoms with Crippen LogP contribution in [0.3, 0.4) is 0 Å². The van der Waals surface area contributed by atoms with Gasteiger partial charge in [-0.05, 0) is 5.56 Å². The summed E-state index contributed by atoms with van der Waals surface area (Å²) in [5.41, 5.74) is 5.28. The summed E-state index contributed by atoms with van der Waals surface area (Å²) in [4.78, 5) is 22.8. The summed E-state index contributed by atoms with van der Waals surface area (Å²) in [7, 11) is 0. The molecule has 3 nitrogen and oxygen atoms in total. The monoisotopic (exact) mass is 299 g/mol. The Morgan fingerprint density at radius 1 is 1.00 bits per heavy atom. The molecule has 0 spiro atoms. The number of hydrogen-bond donors (Lipinski definition) is 1. The second-order valence-electron chi connectivity index (χ2n) is 5.62. The summed E-state index contributed by atoms with van der Waals surface area (Å²) >= 11 is 0. The number of hydrogen-bond acceptors (Lipinski definition) is 3. The Hall–Kier alpha value is -2.11. The Bertz CT molecular complexity index is 578. The van der Waals surface area contributed by atoms with Crippen LogP contribution in [-0.4, -0.2) is 17.7 Å². The molecule has 114 valence electrons. The van der Waals surface area contributed by atoms with E-state index < -0.39 is 17.4 Å². The zero-order chi connectivity index (χ0) is 16.4. The number of halogens is 3. The summed E-state index contributed by atoms with van der Waals surface area (Å²) in [6.45, 7) is 5.29. The maximum absolute atomic E-state index is 12.1. The summed E-state index contributed by atoms with van der Waals surface area (Å²) < 4.78 is 36.4. The van der Waals surface area contributed by atoms with Crippen molar-refractivity contribution in [2.24, 2.45) is 11.1 Å². The standard InChI is InChI=1S/C15H16F3NO2/c1-14(2,3)13(21)10-6-4-9(5-7-10)11(19)8-12(20)15(16,17)18/h4-8H,19H2,1-3H3.